The molecule has 2 unspecified atom stereocenters. The molecule has 5 N–H and O–H groups in total. The first-order valence-corrected chi connectivity index (χ1v) is 10.2. The predicted molar refractivity (Wildman–Crippen MR) is 107 cm³/mol. The summed E-state index contributed by atoms with van der Waals surface area (Å²) < 4.78 is 28.1. The fraction of sp³-hybridized carbons (Fsp3) is 0.455. The van der Waals surface area contributed by atoms with Crippen LogP contribution in [-0.4, -0.2) is 76.6 Å². The van der Waals surface area contributed by atoms with Crippen LogP contribution in [0, 0.1) is 0 Å². The Morgan fingerprint density at radius 1 is 1.00 bits per heavy atom. The zero-order valence-electron chi connectivity index (χ0n) is 17.1. The summed E-state index contributed by atoms with van der Waals surface area (Å²) in [5.41, 5.74) is -0.153. The lowest BCUT2D eigenvalue weighted by atomic mass is 9.85. The highest BCUT2D eigenvalue weighted by molar-refractivity contribution is 5.54. The molecule has 0 aliphatic carbocycles. The molecule has 0 aromatic heterocycles. The lowest BCUT2D eigenvalue weighted by Gasteiger charge is -2.39. The molecule has 0 spiro atoms. The number of hydrogen-bond acceptors (Lipinski definition) is 10. The molecule has 1 fully saturated rings. The van der Waals surface area contributed by atoms with E-state index < -0.39 is 49.0 Å². The third-order valence-corrected chi connectivity index (χ3v) is 6.15. The Labute approximate surface area is 183 Å². The highest BCUT2D eigenvalue weighted by Crippen LogP contribution is 2.54. The molecule has 3 heterocycles. The van der Waals surface area contributed by atoms with Crippen LogP contribution in [0.15, 0.2) is 36.4 Å². The van der Waals surface area contributed by atoms with Crippen LogP contribution in [0.5, 0.6) is 23.0 Å². The van der Waals surface area contributed by atoms with E-state index in [0.29, 0.717) is 28.4 Å². The van der Waals surface area contributed by atoms with Crippen molar-refractivity contribution >= 4 is 0 Å². The second kappa shape index (κ2) is 7.77. The summed E-state index contributed by atoms with van der Waals surface area (Å²) in [6.07, 6.45) is -7.64. The van der Waals surface area contributed by atoms with Gasteiger partial charge in [0.15, 0.2) is 11.7 Å². The smallest absolute Gasteiger partial charge is 0.229 e. The van der Waals surface area contributed by atoms with E-state index in [1.165, 1.54) is 0 Å². The minimum Gasteiger partial charge on any atom is -0.497 e. The second-order valence-corrected chi connectivity index (χ2v) is 8.09. The zero-order chi connectivity index (χ0) is 22.6. The van der Waals surface area contributed by atoms with Gasteiger partial charge in [0.2, 0.25) is 6.29 Å². The molecule has 2 aromatic rings. The molecule has 0 saturated carbocycles. The average Bonchev–Trinajstić information content (AvgIpc) is 3.11. The van der Waals surface area contributed by atoms with E-state index in [-0.39, 0.29) is 12.4 Å². The van der Waals surface area contributed by atoms with Gasteiger partial charge in [0.1, 0.15) is 54.0 Å². The molecule has 32 heavy (non-hydrogen) atoms. The maximum absolute atomic E-state index is 11.3. The fourth-order valence-corrected chi connectivity index (χ4v) is 4.34. The summed E-state index contributed by atoms with van der Waals surface area (Å²) in [6, 6.07) is 10.0. The van der Waals surface area contributed by atoms with E-state index >= 15 is 0 Å². The predicted octanol–water partition coefficient (Wildman–Crippen LogP) is -0.412. The third kappa shape index (κ3) is 3.19. The average molecular weight is 448 g/mol. The van der Waals surface area contributed by atoms with Gasteiger partial charge in [0, 0.05) is 23.3 Å². The highest BCUT2D eigenvalue weighted by atomic mass is 16.7. The molecule has 0 radical (unpaired) electrons. The first-order chi connectivity index (χ1) is 15.4. The van der Waals surface area contributed by atoms with Crippen molar-refractivity contribution in [3.63, 3.8) is 0 Å². The van der Waals surface area contributed by atoms with Crippen LogP contribution in [-0.2, 0) is 10.3 Å². The van der Waals surface area contributed by atoms with E-state index in [1.54, 1.807) is 43.5 Å². The minimum atomic E-state index is -1.54. The first-order valence-electron chi connectivity index (χ1n) is 10.2. The molecular formula is C22H24O10. The number of methoxy groups -OCH3 is 1. The minimum absolute atomic E-state index is 0.0481. The van der Waals surface area contributed by atoms with Crippen LogP contribution in [0.25, 0.3) is 0 Å². The van der Waals surface area contributed by atoms with Crippen molar-refractivity contribution in [1.29, 1.82) is 0 Å². The van der Waals surface area contributed by atoms with Crippen molar-refractivity contribution < 1.29 is 49.2 Å². The van der Waals surface area contributed by atoms with Gasteiger partial charge >= 0.3 is 0 Å². The van der Waals surface area contributed by atoms with Crippen molar-refractivity contribution in [2.24, 2.45) is 0 Å². The van der Waals surface area contributed by atoms with Gasteiger partial charge in [-0.15, -0.1) is 0 Å². The Hall–Kier alpha value is -2.60. The second-order valence-electron chi connectivity index (χ2n) is 8.09. The quantitative estimate of drug-likeness (QED) is 0.418. The van der Waals surface area contributed by atoms with E-state index in [0.717, 1.165) is 0 Å². The number of hydrogen-bond donors (Lipinski definition) is 5. The largest absolute Gasteiger partial charge is 0.497 e. The van der Waals surface area contributed by atoms with E-state index in [1.807, 2.05) is 0 Å². The van der Waals surface area contributed by atoms with Crippen LogP contribution in [0.4, 0.5) is 0 Å². The van der Waals surface area contributed by atoms with Gasteiger partial charge < -0.3 is 49.2 Å². The van der Waals surface area contributed by atoms with Crippen molar-refractivity contribution in [3.05, 3.63) is 47.5 Å². The summed E-state index contributed by atoms with van der Waals surface area (Å²) in [7, 11) is 1.55. The summed E-state index contributed by atoms with van der Waals surface area (Å²) >= 11 is 0. The summed E-state index contributed by atoms with van der Waals surface area (Å²) in [6.45, 7) is -0.603. The Morgan fingerprint density at radius 3 is 2.50 bits per heavy atom. The van der Waals surface area contributed by atoms with Gasteiger partial charge in [-0.1, -0.05) is 0 Å². The maximum atomic E-state index is 11.3. The summed E-state index contributed by atoms with van der Waals surface area (Å²) in [4.78, 5) is 0. The van der Waals surface area contributed by atoms with E-state index in [4.69, 9.17) is 23.7 Å². The lowest BCUT2D eigenvalue weighted by Crippen LogP contribution is -2.60. The monoisotopic (exact) mass is 448 g/mol. The Bertz CT molecular complexity index is 1010. The summed E-state index contributed by atoms with van der Waals surface area (Å²) in [5, 5.41) is 50.7. The molecule has 172 valence electrons. The standard InChI is InChI=1S/C22H24O10/c1-28-10-3-5-13-15(6-10)31-20-12-4-2-11(7-14(12)29-9-22(13,20)27)30-21-19(26)18(25)17(24)16(8-23)32-21/h2-7,16-21,23-27H,8-9H2,1H3/t16-,17-,18+,19-,20?,21-,22?/m1/s1. The van der Waals surface area contributed by atoms with Gasteiger partial charge in [-0.2, -0.15) is 0 Å². The van der Waals surface area contributed by atoms with Crippen molar-refractivity contribution in [2.45, 2.75) is 42.4 Å². The lowest BCUT2D eigenvalue weighted by molar-refractivity contribution is -0.277. The molecule has 0 bridgehead atoms. The Balaban J connectivity index is 1.39. The van der Waals surface area contributed by atoms with Crippen molar-refractivity contribution in [3.8, 4) is 23.0 Å². The molecule has 2 aromatic carbocycles. The zero-order valence-corrected chi connectivity index (χ0v) is 17.1. The SMILES string of the molecule is COc1ccc2c(c1)OC1c3ccc(O[C@@H]4O[C@H](CO)[C@@H](O)[C@H](O)[C@H]4O)cc3OCC21O. The fourth-order valence-electron chi connectivity index (χ4n) is 4.34. The van der Waals surface area contributed by atoms with Crippen LogP contribution in [0.1, 0.15) is 17.2 Å². The van der Waals surface area contributed by atoms with Gasteiger partial charge in [0.25, 0.3) is 0 Å². The van der Waals surface area contributed by atoms with Crippen molar-refractivity contribution in [2.75, 3.05) is 20.3 Å². The normalized spacial score (nSPS) is 35.1. The molecule has 1 saturated heterocycles. The number of benzene rings is 2. The van der Waals surface area contributed by atoms with E-state index in [9.17, 15) is 25.5 Å². The Morgan fingerprint density at radius 2 is 1.75 bits per heavy atom. The number of rotatable bonds is 4. The Kier molecular flexibility index (Phi) is 5.16. The molecule has 10 nitrogen and oxygen atoms in total. The molecule has 5 rings (SSSR count). The van der Waals surface area contributed by atoms with Crippen LogP contribution in [0.2, 0.25) is 0 Å². The van der Waals surface area contributed by atoms with Crippen LogP contribution in [0.3, 0.4) is 0 Å². The maximum Gasteiger partial charge on any atom is 0.229 e. The molecule has 3 aliphatic rings. The highest BCUT2D eigenvalue weighted by Gasteiger charge is 2.53. The number of aliphatic hydroxyl groups excluding tert-OH is 4. The molecule has 7 atom stereocenters. The molecule has 0 amide bonds. The summed E-state index contributed by atoms with van der Waals surface area (Å²) in [5.74, 6) is 1.79. The molecule has 3 aliphatic heterocycles. The van der Waals surface area contributed by atoms with E-state index in [2.05, 4.69) is 0 Å². The molecule has 10 heteroatoms. The number of aliphatic hydroxyl groups is 5. The van der Waals surface area contributed by atoms with Gasteiger partial charge in [0.05, 0.1) is 13.7 Å². The van der Waals surface area contributed by atoms with Gasteiger partial charge in [-0.05, 0) is 24.3 Å². The first kappa shape index (κ1) is 21.3. The van der Waals surface area contributed by atoms with Crippen LogP contribution >= 0.6 is 0 Å². The number of fused-ring (bicyclic) bond motifs is 5. The third-order valence-electron chi connectivity index (χ3n) is 6.15. The topological polar surface area (TPSA) is 147 Å². The number of ether oxygens (including phenoxy) is 5. The molecular weight excluding hydrogens is 424 g/mol. The van der Waals surface area contributed by atoms with Crippen LogP contribution < -0.4 is 18.9 Å². The van der Waals surface area contributed by atoms with Gasteiger partial charge in [-0.25, -0.2) is 0 Å². The van der Waals surface area contributed by atoms with Crippen molar-refractivity contribution in [1.82, 2.24) is 0 Å². The van der Waals surface area contributed by atoms with Gasteiger partial charge in [-0.3, -0.25) is 0 Å².